The molecule has 1 aliphatic heterocycles. The van der Waals surface area contributed by atoms with Crippen molar-refractivity contribution in [2.75, 3.05) is 25.4 Å². The summed E-state index contributed by atoms with van der Waals surface area (Å²) in [4.78, 5) is 0. The second kappa shape index (κ2) is 4.39. The Balaban J connectivity index is 2.55. The van der Waals surface area contributed by atoms with E-state index in [2.05, 4.69) is 6.92 Å². The molecule has 0 spiro atoms. The zero-order chi connectivity index (χ0) is 9.90. The Labute approximate surface area is 79.6 Å². The van der Waals surface area contributed by atoms with Gasteiger partial charge in [0.15, 0.2) is 0 Å². The van der Waals surface area contributed by atoms with Crippen molar-refractivity contribution in [1.82, 2.24) is 4.31 Å². The van der Waals surface area contributed by atoms with Crippen LogP contribution in [0.3, 0.4) is 0 Å². The van der Waals surface area contributed by atoms with Crippen LogP contribution in [0.15, 0.2) is 0 Å². The van der Waals surface area contributed by atoms with Gasteiger partial charge in [0.2, 0.25) is 10.0 Å². The van der Waals surface area contributed by atoms with E-state index in [0.717, 1.165) is 12.8 Å². The molecule has 1 unspecified atom stereocenters. The van der Waals surface area contributed by atoms with Gasteiger partial charge in [0.1, 0.15) is 0 Å². The van der Waals surface area contributed by atoms with Gasteiger partial charge in [-0.05, 0) is 12.3 Å². The maximum atomic E-state index is 11.5. The SMILES string of the molecule is CCC1CCN(S(=O)(=O)CCO)C1. The van der Waals surface area contributed by atoms with Gasteiger partial charge in [0.05, 0.1) is 12.4 Å². The van der Waals surface area contributed by atoms with E-state index in [-0.39, 0.29) is 12.4 Å². The number of aliphatic hydroxyl groups is 1. The van der Waals surface area contributed by atoms with Crippen LogP contribution in [0.5, 0.6) is 0 Å². The first kappa shape index (κ1) is 10.9. The van der Waals surface area contributed by atoms with Crippen molar-refractivity contribution in [2.45, 2.75) is 19.8 Å². The van der Waals surface area contributed by atoms with E-state index in [1.165, 1.54) is 4.31 Å². The topological polar surface area (TPSA) is 57.6 Å². The number of hydrogen-bond acceptors (Lipinski definition) is 3. The quantitative estimate of drug-likeness (QED) is 0.708. The summed E-state index contributed by atoms with van der Waals surface area (Å²) in [5, 5.41) is 8.58. The van der Waals surface area contributed by atoms with Gasteiger partial charge in [0.25, 0.3) is 0 Å². The van der Waals surface area contributed by atoms with E-state index in [1.807, 2.05) is 0 Å². The van der Waals surface area contributed by atoms with Gasteiger partial charge in [-0.25, -0.2) is 12.7 Å². The van der Waals surface area contributed by atoms with Gasteiger partial charge >= 0.3 is 0 Å². The van der Waals surface area contributed by atoms with Crippen LogP contribution >= 0.6 is 0 Å². The molecule has 1 rings (SSSR count). The van der Waals surface area contributed by atoms with E-state index in [0.29, 0.717) is 19.0 Å². The third-order valence-electron chi connectivity index (χ3n) is 2.57. The molecule has 0 bridgehead atoms. The maximum Gasteiger partial charge on any atom is 0.216 e. The van der Waals surface area contributed by atoms with E-state index >= 15 is 0 Å². The van der Waals surface area contributed by atoms with Gasteiger partial charge in [-0.3, -0.25) is 0 Å². The first-order valence-electron chi connectivity index (χ1n) is 4.69. The summed E-state index contributed by atoms with van der Waals surface area (Å²) in [6.07, 6.45) is 1.99. The molecule has 0 aromatic heterocycles. The minimum atomic E-state index is -3.17. The van der Waals surface area contributed by atoms with Crippen LogP contribution in [0.2, 0.25) is 0 Å². The molecule has 0 amide bonds. The molecule has 4 nitrogen and oxygen atoms in total. The third-order valence-corrected chi connectivity index (χ3v) is 4.39. The van der Waals surface area contributed by atoms with E-state index in [1.54, 1.807) is 0 Å². The summed E-state index contributed by atoms with van der Waals surface area (Å²) in [5.74, 6) is 0.372. The molecule has 13 heavy (non-hydrogen) atoms. The van der Waals surface area contributed by atoms with Crippen molar-refractivity contribution >= 4 is 10.0 Å². The first-order valence-corrected chi connectivity index (χ1v) is 6.29. The van der Waals surface area contributed by atoms with Crippen molar-refractivity contribution < 1.29 is 13.5 Å². The van der Waals surface area contributed by atoms with Gasteiger partial charge in [-0.1, -0.05) is 13.3 Å². The van der Waals surface area contributed by atoms with Crippen LogP contribution in [-0.4, -0.2) is 43.3 Å². The lowest BCUT2D eigenvalue weighted by Crippen LogP contribution is -2.32. The Morgan fingerprint density at radius 2 is 2.23 bits per heavy atom. The number of nitrogens with zero attached hydrogens (tertiary/aromatic N) is 1. The lowest BCUT2D eigenvalue weighted by Gasteiger charge is -2.15. The van der Waals surface area contributed by atoms with Crippen LogP contribution in [0.25, 0.3) is 0 Å². The fourth-order valence-electron chi connectivity index (χ4n) is 1.63. The largest absolute Gasteiger partial charge is 0.395 e. The molecule has 0 saturated carbocycles. The fraction of sp³-hybridized carbons (Fsp3) is 1.00. The molecule has 1 saturated heterocycles. The highest BCUT2D eigenvalue weighted by Crippen LogP contribution is 2.21. The van der Waals surface area contributed by atoms with Crippen LogP contribution in [0, 0.1) is 5.92 Å². The Bertz CT molecular complexity index is 250. The fourth-order valence-corrected chi connectivity index (χ4v) is 2.94. The molecule has 1 atom stereocenters. The Morgan fingerprint density at radius 1 is 1.54 bits per heavy atom. The van der Waals surface area contributed by atoms with Crippen molar-refractivity contribution in [3.63, 3.8) is 0 Å². The van der Waals surface area contributed by atoms with Crippen LogP contribution < -0.4 is 0 Å². The summed E-state index contributed by atoms with van der Waals surface area (Å²) >= 11 is 0. The van der Waals surface area contributed by atoms with Crippen molar-refractivity contribution in [1.29, 1.82) is 0 Å². The highest BCUT2D eigenvalue weighted by atomic mass is 32.2. The number of rotatable bonds is 4. The van der Waals surface area contributed by atoms with Crippen molar-refractivity contribution in [3.05, 3.63) is 0 Å². The molecule has 78 valence electrons. The molecular formula is C8H17NO3S. The molecule has 1 heterocycles. The Hall–Kier alpha value is -0.130. The molecule has 5 heteroatoms. The molecule has 1 aliphatic rings. The predicted octanol–water partition coefficient (Wildman–Crippen LogP) is 0.0404. The van der Waals surface area contributed by atoms with Crippen molar-refractivity contribution in [3.8, 4) is 0 Å². The number of hydrogen-bond donors (Lipinski definition) is 1. The van der Waals surface area contributed by atoms with Gasteiger partial charge in [-0.15, -0.1) is 0 Å². The minimum Gasteiger partial charge on any atom is -0.395 e. The molecule has 0 radical (unpaired) electrons. The van der Waals surface area contributed by atoms with Crippen LogP contribution in [-0.2, 0) is 10.0 Å². The summed E-state index contributed by atoms with van der Waals surface area (Å²) < 4.78 is 24.4. The van der Waals surface area contributed by atoms with E-state index < -0.39 is 10.0 Å². The highest BCUT2D eigenvalue weighted by molar-refractivity contribution is 7.89. The van der Waals surface area contributed by atoms with Crippen molar-refractivity contribution in [2.24, 2.45) is 5.92 Å². The highest BCUT2D eigenvalue weighted by Gasteiger charge is 2.29. The molecule has 0 aromatic carbocycles. The normalized spacial score (nSPS) is 25.2. The van der Waals surface area contributed by atoms with Gasteiger partial charge < -0.3 is 5.11 Å². The minimum absolute atomic E-state index is 0.135. The zero-order valence-corrected chi connectivity index (χ0v) is 8.76. The molecule has 0 aliphatic carbocycles. The summed E-state index contributed by atoms with van der Waals surface area (Å²) in [7, 11) is -3.17. The smallest absolute Gasteiger partial charge is 0.216 e. The van der Waals surface area contributed by atoms with Crippen LogP contribution in [0.4, 0.5) is 0 Å². The molecule has 0 aromatic rings. The molecule has 1 N–H and O–H groups in total. The molecular weight excluding hydrogens is 190 g/mol. The van der Waals surface area contributed by atoms with Crippen LogP contribution in [0.1, 0.15) is 19.8 Å². The summed E-state index contributed by atoms with van der Waals surface area (Å²) in [6, 6.07) is 0. The average molecular weight is 207 g/mol. The molecule has 1 fully saturated rings. The summed E-state index contributed by atoms with van der Waals surface area (Å²) in [5.41, 5.74) is 0. The average Bonchev–Trinajstić information content (AvgIpc) is 2.52. The lowest BCUT2D eigenvalue weighted by atomic mass is 10.1. The third kappa shape index (κ3) is 2.65. The lowest BCUT2D eigenvalue weighted by molar-refractivity contribution is 0.316. The zero-order valence-electron chi connectivity index (χ0n) is 7.94. The van der Waals surface area contributed by atoms with E-state index in [9.17, 15) is 8.42 Å². The Kier molecular flexibility index (Phi) is 3.70. The van der Waals surface area contributed by atoms with E-state index in [4.69, 9.17) is 5.11 Å². The first-order chi connectivity index (χ1) is 6.10. The monoisotopic (exact) mass is 207 g/mol. The number of aliphatic hydroxyl groups excluding tert-OH is 1. The van der Waals surface area contributed by atoms with Gasteiger partial charge in [0, 0.05) is 13.1 Å². The standard InChI is InChI=1S/C8H17NO3S/c1-2-8-3-4-9(7-8)13(11,12)6-5-10/h8,10H,2-7H2,1H3. The Morgan fingerprint density at radius 3 is 2.69 bits per heavy atom. The predicted molar refractivity (Wildman–Crippen MR) is 50.8 cm³/mol. The summed E-state index contributed by atoms with van der Waals surface area (Å²) in [6.45, 7) is 3.06. The maximum absolute atomic E-state index is 11.5. The number of sulfonamides is 1. The van der Waals surface area contributed by atoms with Gasteiger partial charge in [-0.2, -0.15) is 0 Å². The second-order valence-electron chi connectivity index (χ2n) is 3.46. The second-order valence-corrected chi connectivity index (χ2v) is 5.55.